The minimum Gasteiger partial charge on any atom is -0.507 e. The van der Waals surface area contributed by atoms with Crippen molar-refractivity contribution >= 4 is 10.0 Å². The van der Waals surface area contributed by atoms with Crippen molar-refractivity contribution in [3.05, 3.63) is 47.0 Å². The monoisotopic (exact) mass is 421 g/mol. The van der Waals surface area contributed by atoms with Crippen LogP contribution in [0.15, 0.2) is 35.2 Å². The lowest BCUT2D eigenvalue weighted by Crippen LogP contribution is -3.13. The van der Waals surface area contributed by atoms with Gasteiger partial charge in [-0.05, 0) is 49.2 Å². The van der Waals surface area contributed by atoms with Crippen LogP contribution in [0.2, 0.25) is 0 Å². The Balaban J connectivity index is 1.69. The number of methoxy groups -OCH3 is 2. The minimum atomic E-state index is -3.60. The number of nitrogens with zero attached hydrogens (tertiary/aromatic N) is 1. The van der Waals surface area contributed by atoms with Gasteiger partial charge in [-0.2, -0.15) is 4.31 Å². The Kier molecular flexibility index (Phi) is 6.36. The highest BCUT2D eigenvalue weighted by Crippen LogP contribution is 2.30. The highest BCUT2D eigenvalue weighted by molar-refractivity contribution is 7.89. The number of nitrogens with one attached hydrogen (secondary N) is 1. The summed E-state index contributed by atoms with van der Waals surface area (Å²) in [7, 11) is -0.601. The second-order valence-corrected chi connectivity index (χ2v) is 9.35. The lowest BCUT2D eigenvalue weighted by atomic mass is 10.0. The Hall–Kier alpha value is -2.29. The van der Waals surface area contributed by atoms with Gasteiger partial charge in [0.1, 0.15) is 12.3 Å². The minimum absolute atomic E-state index is 0.199. The van der Waals surface area contributed by atoms with E-state index in [4.69, 9.17) is 9.47 Å². The summed E-state index contributed by atoms with van der Waals surface area (Å²) in [5.41, 5.74) is 3.11. The van der Waals surface area contributed by atoms with E-state index in [2.05, 4.69) is 0 Å². The van der Waals surface area contributed by atoms with Gasteiger partial charge >= 0.3 is 0 Å². The van der Waals surface area contributed by atoms with Gasteiger partial charge in [-0.1, -0.05) is 0 Å². The van der Waals surface area contributed by atoms with Crippen molar-refractivity contribution in [3.63, 3.8) is 0 Å². The Morgan fingerprint density at radius 3 is 2.24 bits per heavy atom. The van der Waals surface area contributed by atoms with Gasteiger partial charge < -0.3 is 19.5 Å². The molecule has 1 saturated heterocycles. The highest BCUT2D eigenvalue weighted by Gasteiger charge is 2.31. The number of hydrogen-bond acceptors (Lipinski definition) is 5. The van der Waals surface area contributed by atoms with E-state index in [1.54, 1.807) is 18.2 Å². The van der Waals surface area contributed by atoms with E-state index >= 15 is 0 Å². The summed E-state index contributed by atoms with van der Waals surface area (Å²) in [5, 5.41) is 10.2. The first kappa shape index (κ1) is 21.4. The molecule has 1 aliphatic heterocycles. The lowest BCUT2D eigenvalue weighted by molar-refractivity contribution is -0.917. The van der Waals surface area contributed by atoms with Gasteiger partial charge in [-0.25, -0.2) is 8.42 Å². The van der Waals surface area contributed by atoms with Crippen LogP contribution in [0.1, 0.15) is 16.7 Å². The Labute approximate surface area is 172 Å². The van der Waals surface area contributed by atoms with Crippen LogP contribution in [0.4, 0.5) is 0 Å². The van der Waals surface area contributed by atoms with Crippen molar-refractivity contribution < 1.29 is 27.9 Å². The van der Waals surface area contributed by atoms with Gasteiger partial charge in [0.25, 0.3) is 0 Å². The molecular formula is C21H29N2O5S+. The SMILES string of the molecule is COc1ccc(S(=O)(=O)N2CC[NH+](Cc3cc(C)c(C)cc3O)CC2)cc1OC. The number of rotatable bonds is 6. The molecule has 1 aliphatic rings. The molecule has 0 atom stereocenters. The molecule has 1 fully saturated rings. The van der Waals surface area contributed by atoms with Crippen molar-refractivity contribution in [3.8, 4) is 17.2 Å². The maximum atomic E-state index is 13.0. The normalized spacial score (nSPS) is 16.0. The average molecular weight is 422 g/mol. The van der Waals surface area contributed by atoms with Crippen molar-refractivity contribution in [1.82, 2.24) is 4.31 Å². The molecule has 2 N–H and O–H groups in total. The number of hydrogen-bond donors (Lipinski definition) is 2. The number of aromatic hydroxyl groups is 1. The summed E-state index contributed by atoms with van der Waals surface area (Å²) in [6.45, 7) is 6.90. The van der Waals surface area contributed by atoms with Crippen molar-refractivity contribution in [2.24, 2.45) is 0 Å². The van der Waals surface area contributed by atoms with Gasteiger partial charge in [-0.3, -0.25) is 0 Å². The largest absolute Gasteiger partial charge is 0.507 e. The fourth-order valence-electron chi connectivity index (χ4n) is 3.62. The summed E-state index contributed by atoms with van der Waals surface area (Å²) in [6.07, 6.45) is 0. The fourth-order valence-corrected chi connectivity index (χ4v) is 5.07. The second-order valence-electron chi connectivity index (χ2n) is 7.41. The zero-order chi connectivity index (χ0) is 21.2. The molecule has 0 spiro atoms. The molecule has 0 bridgehead atoms. The summed E-state index contributed by atoms with van der Waals surface area (Å²) >= 11 is 0. The fraction of sp³-hybridized carbons (Fsp3) is 0.429. The number of aryl methyl sites for hydroxylation is 2. The van der Waals surface area contributed by atoms with Crippen LogP contribution in [-0.4, -0.2) is 58.2 Å². The molecule has 0 amide bonds. The van der Waals surface area contributed by atoms with Gasteiger partial charge in [0.2, 0.25) is 10.0 Å². The van der Waals surface area contributed by atoms with Crippen LogP contribution < -0.4 is 14.4 Å². The van der Waals surface area contributed by atoms with E-state index in [1.165, 1.54) is 29.5 Å². The number of piperazine rings is 1. The quantitative estimate of drug-likeness (QED) is 0.731. The number of benzene rings is 2. The predicted molar refractivity (Wildman–Crippen MR) is 110 cm³/mol. The van der Waals surface area contributed by atoms with E-state index < -0.39 is 10.0 Å². The molecule has 29 heavy (non-hydrogen) atoms. The third-order valence-corrected chi connectivity index (χ3v) is 7.45. The molecule has 0 unspecified atom stereocenters. The van der Waals surface area contributed by atoms with E-state index in [0.717, 1.165) is 16.7 Å². The smallest absolute Gasteiger partial charge is 0.243 e. The molecule has 2 aromatic rings. The van der Waals surface area contributed by atoms with Gasteiger partial charge in [0.15, 0.2) is 11.5 Å². The molecule has 3 rings (SSSR count). The predicted octanol–water partition coefficient (Wildman–Crippen LogP) is 1.12. The number of ether oxygens (including phenoxy) is 2. The maximum absolute atomic E-state index is 13.0. The number of phenols is 1. The van der Waals surface area contributed by atoms with E-state index in [0.29, 0.717) is 50.0 Å². The third-order valence-electron chi connectivity index (χ3n) is 5.56. The molecule has 158 valence electrons. The molecule has 0 aliphatic carbocycles. The Morgan fingerprint density at radius 1 is 1.00 bits per heavy atom. The second kappa shape index (κ2) is 8.61. The van der Waals surface area contributed by atoms with Crippen LogP contribution >= 0.6 is 0 Å². The number of sulfonamides is 1. The summed E-state index contributed by atoms with van der Waals surface area (Å²) in [5.74, 6) is 1.19. The summed E-state index contributed by atoms with van der Waals surface area (Å²) in [6, 6.07) is 8.46. The molecular weight excluding hydrogens is 392 g/mol. The summed E-state index contributed by atoms with van der Waals surface area (Å²) < 4.78 is 38.0. The van der Waals surface area contributed by atoms with Crippen LogP contribution in [-0.2, 0) is 16.6 Å². The van der Waals surface area contributed by atoms with Gasteiger partial charge in [0, 0.05) is 11.6 Å². The van der Waals surface area contributed by atoms with Crippen molar-refractivity contribution in [1.29, 1.82) is 0 Å². The van der Waals surface area contributed by atoms with E-state index in [9.17, 15) is 13.5 Å². The van der Waals surface area contributed by atoms with Crippen molar-refractivity contribution in [2.75, 3.05) is 40.4 Å². The molecule has 0 aromatic heterocycles. The topological polar surface area (TPSA) is 80.5 Å². The first-order valence-electron chi connectivity index (χ1n) is 9.61. The first-order valence-corrected chi connectivity index (χ1v) is 11.0. The average Bonchev–Trinajstić information content (AvgIpc) is 2.71. The lowest BCUT2D eigenvalue weighted by Gasteiger charge is -2.31. The number of phenolic OH excluding ortho intramolecular Hbond substituents is 1. The Morgan fingerprint density at radius 2 is 1.62 bits per heavy atom. The van der Waals surface area contributed by atoms with Gasteiger partial charge in [0.05, 0.1) is 45.3 Å². The van der Waals surface area contributed by atoms with E-state index in [-0.39, 0.29) is 4.90 Å². The van der Waals surface area contributed by atoms with E-state index in [1.807, 2.05) is 19.9 Å². The zero-order valence-electron chi connectivity index (χ0n) is 17.4. The van der Waals surface area contributed by atoms with Gasteiger partial charge in [-0.15, -0.1) is 0 Å². The Bertz CT molecular complexity index is 983. The third kappa shape index (κ3) is 4.49. The first-order chi connectivity index (χ1) is 13.8. The standard InChI is InChI=1S/C21H28N2O5S/c1-15-11-17(19(24)12-16(15)2)14-22-7-9-23(10-8-22)29(25,26)18-5-6-20(27-3)21(13-18)28-4/h5-6,11-13,24H,7-10,14H2,1-4H3/p+1. The molecule has 2 aromatic carbocycles. The zero-order valence-corrected chi connectivity index (χ0v) is 18.2. The molecule has 1 heterocycles. The highest BCUT2D eigenvalue weighted by atomic mass is 32.2. The molecule has 0 radical (unpaired) electrons. The summed E-state index contributed by atoms with van der Waals surface area (Å²) in [4.78, 5) is 1.45. The number of quaternary nitrogens is 1. The maximum Gasteiger partial charge on any atom is 0.243 e. The molecule has 8 heteroatoms. The molecule has 0 saturated carbocycles. The van der Waals surface area contributed by atoms with Crippen LogP contribution in [0, 0.1) is 13.8 Å². The van der Waals surface area contributed by atoms with Crippen LogP contribution in [0.25, 0.3) is 0 Å². The van der Waals surface area contributed by atoms with Crippen molar-refractivity contribution in [2.45, 2.75) is 25.3 Å². The van der Waals surface area contributed by atoms with Crippen LogP contribution in [0.5, 0.6) is 17.2 Å². The van der Waals surface area contributed by atoms with Crippen LogP contribution in [0.3, 0.4) is 0 Å². The molecule has 7 nitrogen and oxygen atoms in total.